The summed E-state index contributed by atoms with van der Waals surface area (Å²) in [6.07, 6.45) is -12.8. The van der Waals surface area contributed by atoms with Crippen LogP contribution in [-0.4, -0.2) is 30.4 Å². The first kappa shape index (κ1) is 18.1. The average molecular weight is 340 g/mol. The van der Waals surface area contributed by atoms with Crippen LogP contribution < -0.4 is 4.74 Å². The molecule has 22 heavy (non-hydrogen) atoms. The van der Waals surface area contributed by atoms with Gasteiger partial charge in [0.1, 0.15) is 12.0 Å². The summed E-state index contributed by atoms with van der Waals surface area (Å²) in [7, 11) is 0. The first-order valence-corrected chi connectivity index (χ1v) is 5.20. The Morgan fingerprint density at radius 1 is 0.773 bits per heavy atom. The predicted octanol–water partition coefficient (Wildman–Crippen LogP) is 4.30. The Morgan fingerprint density at radius 3 is 1.59 bits per heavy atom. The van der Waals surface area contributed by atoms with E-state index in [2.05, 4.69) is 4.74 Å². The zero-order valence-electron chi connectivity index (χ0n) is 10.1. The first-order valence-electron chi connectivity index (χ1n) is 5.20. The Bertz CT molecular complexity index is 533. The van der Waals surface area contributed by atoms with Gasteiger partial charge in [-0.15, -0.1) is 0 Å². The second kappa shape index (κ2) is 5.36. The van der Waals surface area contributed by atoms with Crippen molar-refractivity contribution in [3.63, 3.8) is 0 Å². The van der Waals surface area contributed by atoms with Crippen LogP contribution in [0.1, 0.15) is 10.4 Å². The van der Waals surface area contributed by atoms with E-state index in [1.807, 2.05) is 0 Å². The van der Waals surface area contributed by atoms with Gasteiger partial charge in [-0.2, -0.15) is 39.5 Å². The van der Waals surface area contributed by atoms with E-state index < -0.39 is 29.9 Å². The third-order valence-corrected chi connectivity index (χ3v) is 2.38. The third kappa shape index (κ3) is 2.97. The van der Waals surface area contributed by atoms with Crippen LogP contribution in [0, 0.1) is 0 Å². The van der Waals surface area contributed by atoms with Gasteiger partial charge in [-0.25, -0.2) is 0 Å². The minimum absolute atomic E-state index is 0.0944. The molecule has 0 fully saturated rings. The lowest BCUT2D eigenvalue weighted by Crippen LogP contribution is -2.62. The Morgan fingerprint density at radius 2 is 1.23 bits per heavy atom. The lowest BCUT2D eigenvalue weighted by Gasteiger charge is -2.32. The van der Waals surface area contributed by atoms with Gasteiger partial charge in [0, 0.05) is 5.56 Å². The topological polar surface area (TPSA) is 26.3 Å². The first-order chi connectivity index (χ1) is 9.76. The lowest BCUT2D eigenvalue weighted by molar-refractivity contribution is -0.428. The number of hydrogen-bond acceptors (Lipinski definition) is 2. The normalized spacial score (nSPS) is 13.9. The number of carbonyl (C=O) groups is 1. The highest BCUT2D eigenvalue weighted by Gasteiger charge is 2.83. The zero-order valence-corrected chi connectivity index (χ0v) is 10.1. The molecule has 0 amide bonds. The van der Waals surface area contributed by atoms with Crippen molar-refractivity contribution < 1.29 is 49.0 Å². The monoisotopic (exact) mass is 340 g/mol. The molecule has 1 aromatic rings. The van der Waals surface area contributed by atoms with E-state index >= 15 is 0 Å². The van der Waals surface area contributed by atoms with Crippen molar-refractivity contribution in [2.75, 3.05) is 0 Å². The van der Waals surface area contributed by atoms with Crippen LogP contribution in [0.15, 0.2) is 24.3 Å². The standard InChI is InChI=1S/C11H5F9O2/c12-8(13,10(16,17)18)9(14,15)11(19,20)22-7-3-1-6(5-21)2-4-7/h1-5H. The van der Waals surface area contributed by atoms with Crippen LogP contribution in [-0.2, 0) is 0 Å². The summed E-state index contributed by atoms with van der Waals surface area (Å²) in [6.45, 7) is 0. The van der Waals surface area contributed by atoms with Crippen LogP contribution in [0.5, 0.6) is 5.75 Å². The molecule has 0 aliphatic rings. The highest BCUT2D eigenvalue weighted by Crippen LogP contribution is 2.53. The number of carbonyl (C=O) groups excluding carboxylic acids is 1. The van der Waals surface area contributed by atoms with E-state index in [4.69, 9.17) is 0 Å². The van der Waals surface area contributed by atoms with E-state index in [-0.39, 0.29) is 11.8 Å². The fraction of sp³-hybridized carbons (Fsp3) is 0.364. The summed E-state index contributed by atoms with van der Waals surface area (Å²) in [6, 6.07) is 2.66. The Labute approximate surface area is 116 Å². The number of ether oxygens (including phenoxy) is 1. The van der Waals surface area contributed by atoms with Gasteiger partial charge in [-0.3, -0.25) is 4.79 Å². The molecule has 0 radical (unpaired) electrons. The number of halogens is 9. The maximum absolute atomic E-state index is 13.1. The molecule has 0 heterocycles. The molecule has 0 aromatic heterocycles. The maximum atomic E-state index is 13.1. The fourth-order valence-corrected chi connectivity index (χ4v) is 1.19. The van der Waals surface area contributed by atoms with Crippen LogP contribution in [0.2, 0.25) is 0 Å². The quantitative estimate of drug-likeness (QED) is 0.590. The molecule has 0 atom stereocenters. The second-order valence-corrected chi connectivity index (χ2v) is 3.95. The van der Waals surface area contributed by atoms with Gasteiger partial charge >= 0.3 is 24.1 Å². The summed E-state index contributed by atoms with van der Waals surface area (Å²) >= 11 is 0. The number of benzene rings is 1. The van der Waals surface area contributed by atoms with E-state index in [1.54, 1.807) is 0 Å². The summed E-state index contributed by atoms with van der Waals surface area (Å²) < 4.78 is 116. The number of hydrogen-bond donors (Lipinski definition) is 0. The van der Waals surface area contributed by atoms with Crippen LogP contribution in [0.3, 0.4) is 0 Å². The maximum Gasteiger partial charge on any atom is 0.471 e. The molecule has 1 aromatic carbocycles. The van der Waals surface area contributed by atoms with Gasteiger partial charge in [-0.05, 0) is 24.3 Å². The molecule has 0 saturated carbocycles. The molecule has 11 heteroatoms. The minimum atomic E-state index is -7.02. The van der Waals surface area contributed by atoms with Gasteiger partial charge in [-0.1, -0.05) is 0 Å². The van der Waals surface area contributed by atoms with Crippen molar-refractivity contribution >= 4 is 6.29 Å². The number of aldehydes is 1. The highest BCUT2D eigenvalue weighted by atomic mass is 19.4. The minimum Gasteiger partial charge on any atom is -0.428 e. The van der Waals surface area contributed by atoms with Crippen molar-refractivity contribution in [1.29, 1.82) is 0 Å². The largest absolute Gasteiger partial charge is 0.471 e. The van der Waals surface area contributed by atoms with Crippen LogP contribution in [0.4, 0.5) is 39.5 Å². The number of alkyl halides is 9. The lowest BCUT2D eigenvalue weighted by atomic mass is 10.1. The smallest absolute Gasteiger partial charge is 0.428 e. The van der Waals surface area contributed by atoms with E-state index in [0.717, 1.165) is 12.1 Å². The molecule has 0 N–H and O–H groups in total. The summed E-state index contributed by atoms with van der Waals surface area (Å²) in [4.78, 5) is 10.3. The van der Waals surface area contributed by atoms with Gasteiger partial charge < -0.3 is 4.74 Å². The molecule has 0 aliphatic heterocycles. The van der Waals surface area contributed by atoms with Crippen LogP contribution in [0.25, 0.3) is 0 Å². The molecule has 2 nitrogen and oxygen atoms in total. The second-order valence-electron chi connectivity index (χ2n) is 3.95. The molecule has 0 unspecified atom stereocenters. The van der Waals surface area contributed by atoms with Crippen molar-refractivity contribution in [2.45, 2.75) is 24.1 Å². The fourth-order valence-electron chi connectivity index (χ4n) is 1.19. The van der Waals surface area contributed by atoms with Crippen molar-refractivity contribution in [1.82, 2.24) is 0 Å². The Hall–Kier alpha value is -1.94. The van der Waals surface area contributed by atoms with Crippen molar-refractivity contribution in [3.8, 4) is 5.75 Å². The summed E-state index contributed by atoms with van der Waals surface area (Å²) in [5.74, 6) is -15.0. The van der Waals surface area contributed by atoms with E-state index in [9.17, 15) is 44.3 Å². The molecule has 0 bridgehead atoms. The summed E-state index contributed by atoms with van der Waals surface area (Å²) in [5, 5.41) is 0. The molecule has 0 aliphatic carbocycles. The van der Waals surface area contributed by atoms with Gasteiger partial charge in [0.05, 0.1) is 0 Å². The molecular formula is C11H5F9O2. The zero-order chi connectivity index (χ0) is 17.4. The van der Waals surface area contributed by atoms with Gasteiger partial charge in [0.15, 0.2) is 0 Å². The van der Waals surface area contributed by atoms with Crippen molar-refractivity contribution in [2.24, 2.45) is 0 Å². The number of rotatable bonds is 5. The molecule has 0 spiro atoms. The van der Waals surface area contributed by atoms with E-state index in [1.165, 1.54) is 0 Å². The Balaban J connectivity index is 3.12. The molecule has 124 valence electrons. The highest BCUT2D eigenvalue weighted by molar-refractivity contribution is 5.74. The van der Waals surface area contributed by atoms with Gasteiger partial charge in [0.25, 0.3) is 0 Å². The van der Waals surface area contributed by atoms with Gasteiger partial charge in [0.2, 0.25) is 0 Å². The molecule has 0 saturated heterocycles. The van der Waals surface area contributed by atoms with E-state index in [0.29, 0.717) is 12.1 Å². The molecular weight excluding hydrogens is 335 g/mol. The predicted molar refractivity (Wildman–Crippen MR) is 53.4 cm³/mol. The van der Waals surface area contributed by atoms with Crippen LogP contribution >= 0.6 is 0 Å². The SMILES string of the molecule is O=Cc1ccc(OC(F)(F)C(F)(F)C(F)(F)C(F)(F)F)cc1. The van der Waals surface area contributed by atoms with Crippen molar-refractivity contribution in [3.05, 3.63) is 29.8 Å². The summed E-state index contributed by atoms with van der Waals surface area (Å²) in [5.41, 5.74) is -0.0944. The Kier molecular flexibility index (Phi) is 4.41. The third-order valence-electron chi connectivity index (χ3n) is 2.38. The average Bonchev–Trinajstić information content (AvgIpc) is 2.37. The molecule has 1 rings (SSSR count).